The van der Waals surface area contributed by atoms with Crippen molar-refractivity contribution in [3.63, 3.8) is 0 Å². The van der Waals surface area contributed by atoms with E-state index in [0.717, 1.165) is 31.8 Å². The van der Waals surface area contributed by atoms with E-state index in [-0.39, 0.29) is 0 Å². The lowest BCUT2D eigenvalue weighted by Gasteiger charge is -2.12. The molecule has 0 amide bonds. The predicted octanol–water partition coefficient (Wildman–Crippen LogP) is 3.39. The molecular formula is C17H25N3O. The summed E-state index contributed by atoms with van der Waals surface area (Å²) in [5, 5.41) is 7.91. The Morgan fingerprint density at radius 1 is 1.24 bits per heavy atom. The molecule has 114 valence electrons. The second kappa shape index (κ2) is 7.27. The highest BCUT2D eigenvalue weighted by Crippen LogP contribution is 2.29. The number of hydrogen-bond acceptors (Lipinski definition) is 3. The van der Waals surface area contributed by atoms with Gasteiger partial charge in [-0.3, -0.25) is 4.68 Å². The summed E-state index contributed by atoms with van der Waals surface area (Å²) in [4.78, 5) is 0. The van der Waals surface area contributed by atoms with Crippen molar-refractivity contribution in [1.82, 2.24) is 15.1 Å². The van der Waals surface area contributed by atoms with Gasteiger partial charge < -0.3 is 10.1 Å². The highest BCUT2D eigenvalue weighted by molar-refractivity contribution is 5.70. The van der Waals surface area contributed by atoms with Gasteiger partial charge in [-0.15, -0.1) is 0 Å². The van der Waals surface area contributed by atoms with Crippen LogP contribution in [0.3, 0.4) is 0 Å². The first-order valence-corrected chi connectivity index (χ1v) is 7.61. The first-order valence-electron chi connectivity index (χ1n) is 7.61. The van der Waals surface area contributed by atoms with Crippen molar-refractivity contribution in [3.05, 3.63) is 35.7 Å². The number of aryl methyl sites for hydroxylation is 1. The normalized spacial score (nSPS) is 10.9. The monoisotopic (exact) mass is 287 g/mol. The average molecular weight is 287 g/mol. The lowest BCUT2D eigenvalue weighted by molar-refractivity contribution is 0.414. The maximum Gasteiger partial charge on any atom is 0.119 e. The maximum atomic E-state index is 5.35. The number of nitrogens with one attached hydrogen (secondary N) is 1. The number of methoxy groups -OCH3 is 1. The molecule has 0 unspecified atom stereocenters. The topological polar surface area (TPSA) is 39.1 Å². The van der Waals surface area contributed by atoms with Crippen LogP contribution in [0.15, 0.2) is 24.4 Å². The van der Waals surface area contributed by atoms with Crippen LogP contribution in [0.5, 0.6) is 5.75 Å². The number of aromatic nitrogens is 2. The van der Waals surface area contributed by atoms with E-state index >= 15 is 0 Å². The van der Waals surface area contributed by atoms with Gasteiger partial charge in [0.25, 0.3) is 0 Å². The van der Waals surface area contributed by atoms with Gasteiger partial charge in [-0.2, -0.15) is 5.10 Å². The standard InChI is InChI=1S/C17H25N3O/c1-5-9-20-13(3)17(12-19-20)16-8-7-15(21-4)10-14(16)11-18-6-2/h7-8,10,12,18H,5-6,9,11H2,1-4H3. The van der Waals surface area contributed by atoms with E-state index in [1.165, 1.54) is 22.4 Å². The SMILES string of the molecule is CCCn1ncc(-c2ccc(OC)cc2CNCC)c1C. The van der Waals surface area contributed by atoms with Gasteiger partial charge >= 0.3 is 0 Å². The summed E-state index contributed by atoms with van der Waals surface area (Å²) >= 11 is 0. The lowest BCUT2D eigenvalue weighted by Crippen LogP contribution is -2.12. The summed E-state index contributed by atoms with van der Waals surface area (Å²) in [7, 11) is 1.70. The number of ether oxygens (including phenoxy) is 1. The Morgan fingerprint density at radius 2 is 2.05 bits per heavy atom. The number of nitrogens with zero attached hydrogens (tertiary/aromatic N) is 2. The van der Waals surface area contributed by atoms with E-state index in [4.69, 9.17) is 4.74 Å². The van der Waals surface area contributed by atoms with Crippen molar-refractivity contribution in [3.8, 4) is 16.9 Å². The molecule has 0 saturated carbocycles. The van der Waals surface area contributed by atoms with Crippen LogP contribution in [0.4, 0.5) is 0 Å². The van der Waals surface area contributed by atoms with Gasteiger partial charge in [0, 0.05) is 24.3 Å². The highest BCUT2D eigenvalue weighted by atomic mass is 16.5. The smallest absolute Gasteiger partial charge is 0.119 e. The van der Waals surface area contributed by atoms with Crippen LogP contribution in [0.25, 0.3) is 11.1 Å². The van der Waals surface area contributed by atoms with Crippen molar-refractivity contribution in [1.29, 1.82) is 0 Å². The van der Waals surface area contributed by atoms with Crippen molar-refractivity contribution in [2.45, 2.75) is 40.3 Å². The van der Waals surface area contributed by atoms with Gasteiger partial charge in [0.2, 0.25) is 0 Å². The van der Waals surface area contributed by atoms with Crippen LogP contribution in [0.1, 0.15) is 31.5 Å². The zero-order chi connectivity index (χ0) is 15.2. The zero-order valence-electron chi connectivity index (χ0n) is 13.4. The summed E-state index contributed by atoms with van der Waals surface area (Å²) in [5.74, 6) is 0.894. The molecule has 0 aliphatic rings. The van der Waals surface area contributed by atoms with E-state index in [9.17, 15) is 0 Å². The van der Waals surface area contributed by atoms with Crippen LogP contribution >= 0.6 is 0 Å². The fraction of sp³-hybridized carbons (Fsp3) is 0.471. The number of benzene rings is 1. The largest absolute Gasteiger partial charge is 0.497 e. The quantitative estimate of drug-likeness (QED) is 0.848. The Labute approximate surface area is 127 Å². The Bertz CT molecular complexity index is 590. The highest BCUT2D eigenvalue weighted by Gasteiger charge is 2.12. The molecule has 0 radical (unpaired) electrons. The number of hydrogen-bond donors (Lipinski definition) is 1. The van der Waals surface area contributed by atoms with Crippen LogP contribution < -0.4 is 10.1 Å². The second-order valence-corrected chi connectivity index (χ2v) is 5.17. The van der Waals surface area contributed by atoms with Crippen LogP contribution in [-0.2, 0) is 13.1 Å². The van der Waals surface area contributed by atoms with E-state index in [0.29, 0.717) is 0 Å². The molecule has 21 heavy (non-hydrogen) atoms. The molecule has 1 N–H and O–H groups in total. The van der Waals surface area contributed by atoms with Crippen molar-refractivity contribution in [2.24, 2.45) is 0 Å². The Morgan fingerprint density at radius 3 is 2.71 bits per heavy atom. The fourth-order valence-electron chi connectivity index (χ4n) is 2.51. The summed E-state index contributed by atoms with van der Waals surface area (Å²) < 4.78 is 7.43. The van der Waals surface area contributed by atoms with Gasteiger partial charge in [-0.05, 0) is 43.1 Å². The van der Waals surface area contributed by atoms with E-state index < -0.39 is 0 Å². The molecule has 2 aromatic rings. The first kappa shape index (κ1) is 15.6. The van der Waals surface area contributed by atoms with Crippen LogP contribution in [-0.4, -0.2) is 23.4 Å². The minimum Gasteiger partial charge on any atom is -0.497 e. The van der Waals surface area contributed by atoms with Gasteiger partial charge in [-0.1, -0.05) is 19.9 Å². The fourth-order valence-corrected chi connectivity index (χ4v) is 2.51. The third kappa shape index (κ3) is 3.45. The van der Waals surface area contributed by atoms with Crippen molar-refractivity contribution in [2.75, 3.05) is 13.7 Å². The molecule has 1 heterocycles. The predicted molar refractivity (Wildman–Crippen MR) is 86.6 cm³/mol. The summed E-state index contributed by atoms with van der Waals surface area (Å²) in [5.41, 5.74) is 4.91. The first-order chi connectivity index (χ1) is 10.2. The summed E-state index contributed by atoms with van der Waals surface area (Å²) in [6.45, 7) is 9.17. The lowest BCUT2D eigenvalue weighted by atomic mass is 10.00. The van der Waals surface area contributed by atoms with Crippen molar-refractivity contribution >= 4 is 0 Å². The molecule has 0 aliphatic heterocycles. The molecular weight excluding hydrogens is 262 g/mol. The number of rotatable bonds is 7. The third-order valence-corrected chi connectivity index (χ3v) is 3.71. The summed E-state index contributed by atoms with van der Waals surface area (Å²) in [6.07, 6.45) is 3.07. The molecule has 2 rings (SSSR count). The van der Waals surface area contributed by atoms with Crippen LogP contribution in [0.2, 0.25) is 0 Å². The van der Waals surface area contributed by atoms with E-state index in [2.05, 4.69) is 48.0 Å². The third-order valence-electron chi connectivity index (χ3n) is 3.71. The Balaban J connectivity index is 2.42. The zero-order valence-corrected chi connectivity index (χ0v) is 13.4. The molecule has 0 spiro atoms. The molecule has 4 nitrogen and oxygen atoms in total. The minimum absolute atomic E-state index is 0.835. The van der Waals surface area contributed by atoms with Crippen LogP contribution in [0, 0.1) is 6.92 Å². The molecule has 0 fully saturated rings. The molecule has 0 bridgehead atoms. The Kier molecular flexibility index (Phi) is 5.39. The molecule has 4 heteroatoms. The molecule has 1 aromatic heterocycles. The molecule has 0 saturated heterocycles. The van der Waals surface area contributed by atoms with Gasteiger partial charge in [0.1, 0.15) is 5.75 Å². The molecule has 1 aromatic carbocycles. The van der Waals surface area contributed by atoms with Gasteiger partial charge in [0.15, 0.2) is 0 Å². The van der Waals surface area contributed by atoms with E-state index in [1.54, 1.807) is 7.11 Å². The summed E-state index contributed by atoms with van der Waals surface area (Å²) in [6, 6.07) is 6.25. The van der Waals surface area contributed by atoms with Crippen molar-refractivity contribution < 1.29 is 4.74 Å². The minimum atomic E-state index is 0.835. The van der Waals surface area contributed by atoms with Gasteiger partial charge in [0.05, 0.1) is 13.3 Å². The maximum absolute atomic E-state index is 5.35. The second-order valence-electron chi connectivity index (χ2n) is 5.17. The molecule has 0 atom stereocenters. The van der Waals surface area contributed by atoms with E-state index in [1.807, 2.05) is 12.3 Å². The van der Waals surface area contributed by atoms with Gasteiger partial charge in [-0.25, -0.2) is 0 Å². The average Bonchev–Trinajstić information content (AvgIpc) is 2.86. The Hall–Kier alpha value is -1.81. The molecule has 0 aliphatic carbocycles.